The van der Waals surface area contributed by atoms with Crippen molar-refractivity contribution in [2.75, 3.05) is 62.2 Å². The van der Waals surface area contributed by atoms with Crippen molar-refractivity contribution in [3.05, 3.63) is 54.6 Å². The lowest BCUT2D eigenvalue weighted by atomic mass is 10.1. The third kappa shape index (κ3) is 4.32. The molecule has 2 aliphatic rings. The number of hydrogen-bond donors (Lipinski definition) is 1. The summed E-state index contributed by atoms with van der Waals surface area (Å²) in [6.07, 6.45) is 0. The monoisotopic (exact) mass is 394 g/mol. The third-order valence-electron chi connectivity index (χ3n) is 6.15. The van der Waals surface area contributed by atoms with E-state index >= 15 is 0 Å². The fraction of sp³-hybridized carbons (Fsp3) is 0.435. The van der Waals surface area contributed by atoms with E-state index in [0.717, 1.165) is 58.0 Å². The maximum atomic E-state index is 13.1. The van der Waals surface area contributed by atoms with Crippen LogP contribution in [0.5, 0.6) is 5.75 Å². The minimum absolute atomic E-state index is 0.107. The Balaban J connectivity index is 1.29. The van der Waals surface area contributed by atoms with E-state index in [9.17, 15) is 9.90 Å². The molecule has 1 atom stereocenters. The molecule has 2 aliphatic heterocycles. The van der Waals surface area contributed by atoms with Gasteiger partial charge in [-0.05, 0) is 31.2 Å². The van der Waals surface area contributed by atoms with E-state index in [1.165, 1.54) is 5.69 Å². The number of phenolic OH excluding ortho intramolecular Hbond substituents is 1. The molecule has 1 amide bonds. The van der Waals surface area contributed by atoms with Gasteiger partial charge >= 0.3 is 0 Å². The number of piperazine rings is 2. The molecule has 0 aromatic heterocycles. The first-order chi connectivity index (χ1) is 14.1. The first-order valence-corrected chi connectivity index (χ1v) is 10.5. The van der Waals surface area contributed by atoms with Gasteiger partial charge in [0.05, 0.1) is 11.7 Å². The summed E-state index contributed by atoms with van der Waals surface area (Å²) in [7, 11) is 0. The molecule has 154 valence electrons. The van der Waals surface area contributed by atoms with Gasteiger partial charge in [0, 0.05) is 58.0 Å². The number of amides is 1. The second-order valence-electron chi connectivity index (χ2n) is 7.84. The van der Waals surface area contributed by atoms with Crippen LogP contribution >= 0.6 is 0 Å². The second-order valence-corrected chi connectivity index (χ2v) is 7.84. The van der Waals surface area contributed by atoms with Crippen molar-refractivity contribution in [2.24, 2.45) is 0 Å². The topological polar surface area (TPSA) is 50.3 Å². The normalized spacial score (nSPS) is 19.3. The maximum Gasteiger partial charge on any atom is 0.239 e. The summed E-state index contributed by atoms with van der Waals surface area (Å²) in [6.45, 7) is 8.62. The number of hydrogen-bond acceptors (Lipinski definition) is 5. The average Bonchev–Trinajstić information content (AvgIpc) is 2.79. The van der Waals surface area contributed by atoms with Gasteiger partial charge in [-0.1, -0.05) is 30.3 Å². The van der Waals surface area contributed by atoms with Gasteiger partial charge in [-0.2, -0.15) is 0 Å². The number of carbonyl (C=O) groups is 1. The molecule has 0 radical (unpaired) electrons. The number of nitrogens with zero attached hydrogens (tertiary/aromatic N) is 4. The van der Waals surface area contributed by atoms with Crippen LogP contribution in [0.15, 0.2) is 54.6 Å². The van der Waals surface area contributed by atoms with Crippen LogP contribution in [-0.4, -0.2) is 79.2 Å². The van der Waals surface area contributed by atoms with Crippen LogP contribution in [0.2, 0.25) is 0 Å². The Hall–Kier alpha value is -2.73. The largest absolute Gasteiger partial charge is 0.506 e. The van der Waals surface area contributed by atoms with Crippen molar-refractivity contribution in [3.8, 4) is 5.75 Å². The lowest BCUT2D eigenvalue weighted by Gasteiger charge is -2.42. The zero-order chi connectivity index (χ0) is 20.2. The Kier molecular flexibility index (Phi) is 5.90. The van der Waals surface area contributed by atoms with Crippen LogP contribution in [-0.2, 0) is 4.79 Å². The van der Waals surface area contributed by atoms with Crippen molar-refractivity contribution >= 4 is 17.3 Å². The molecule has 6 nitrogen and oxygen atoms in total. The van der Waals surface area contributed by atoms with E-state index in [1.807, 2.05) is 36.1 Å². The molecular formula is C23H30N4O2. The molecule has 2 aromatic carbocycles. The minimum atomic E-state index is -0.107. The number of benzene rings is 2. The van der Waals surface area contributed by atoms with Crippen molar-refractivity contribution in [3.63, 3.8) is 0 Å². The van der Waals surface area contributed by atoms with Crippen molar-refractivity contribution in [1.82, 2.24) is 9.80 Å². The predicted molar refractivity (Wildman–Crippen MR) is 117 cm³/mol. The highest BCUT2D eigenvalue weighted by Gasteiger charge is 2.30. The highest BCUT2D eigenvalue weighted by molar-refractivity contribution is 5.82. The molecule has 6 heteroatoms. The first kappa shape index (κ1) is 19.6. The molecule has 0 saturated carbocycles. The van der Waals surface area contributed by atoms with Gasteiger partial charge in [-0.25, -0.2) is 0 Å². The Morgan fingerprint density at radius 1 is 0.793 bits per heavy atom. The number of rotatable bonds is 4. The molecule has 2 heterocycles. The number of carbonyl (C=O) groups excluding carboxylic acids is 1. The first-order valence-electron chi connectivity index (χ1n) is 10.5. The zero-order valence-corrected chi connectivity index (χ0v) is 17.1. The third-order valence-corrected chi connectivity index (χ3v) is 6.15. The van der Waals surface area contributed by atoms with E-state index < -0.39 is 0 Å². The molecule has 4 rings (SSSR count). The molecule has 2 saturated heterocycles. The van der Waals surface area contributed by atoms with Gasteiger partial charge in [0.15, 0.2) is 0 Å². The number of phenols is 1. The van der Waals surface area contributed by atoms with E-state index in [2.05, 4.69) is 39.0 Å². The lowest BCUT2D eigenvalue weighted by molar-refractivity contribution is -0.136. The predicted octanol–water partition coefficient (Wildman–Crippen LogP) is 2.25. The molecular weight excluding hydrogens is 364 g/mol. The average molecular weight is 395 g/mol. The molecule has 0 bridgehead atoms. The molecule has 2 aromatic rings. The highest BCUT2D eigenvalue weighted by atomic mass is 16.3. The van der Waals surface area contributed by atoms with Crippen LogP contribution in [0.3, 0.4) is 0 Å². The molecule has 0 spiro atoms. The highest BCUT2D eigenvalue weighted by Crippen LogP contribution is 2.27. The van der Waals surface area contributed by atoms with Crippen LogP contribution in [0.25, 0.3) is 0 Å². The fourth-order valence-electron chi connectivity index (χ4n) is 4.33. The Labute approximate surface area is 172 Å². The minimum Gasteiger partial charge on any atom is -0.506 e. The van der Waals surface area contributed by atoms with Gasteiger partial charge in [0.1, 0.15) is 5.75 Å². The number of anilines is 2. The van der Waals surface area contributed by atoms with Gasteiger partial charge in [0.2, 0.25) is 5.91 Å². The Morgan fingerprint density at radius 3 is 2.03 bits per heavy atom. The quantitative estimate of drug-likeness (QED) is 0.862. The summed E-state index contributed by atoms with van der Waals surface area (Å²) in [5.41, 5.74) is 2.11. The molecule has 1 unspecified atom stereocenters. The van der Waals surface area contributed by atoms with Gasteiger partial charge in [-0.3, -0.25) is 9.69 Å². The van der Waals surface area contributed by atoms with E-state index in [1.54, 1.807) is 6.07 Å². The van der Waals surface area contributed by atoms with Gasteiger partial charge in [-0.15, -0.1) is 0 Å². The SMILES string of the molecule is CC(C(=O)N1CCN(c2ccccc2)CC1)N1CCN(c2ccccc2O)CC1. The van der Waals surface area contributed by atoms with Crippen molar-refractivity contribution < 1.29 is 9.90 Å². The van der Waals surface area contributed by atoms with Gasteiger partial charge in [0.25, 0.3) is 0 Å². The summed E-state index contributed by atoms with van der Waals surface area (Å²) in [6, 6.07) is 17.8. The molecule has 0 aliphatic carbocycles. The van der Waals surface area contributed by atoms with Gasteiger partial charge < -0.3 is 19.8 Å². The summed E-state index contributed by atoms with van der Waals surface area (Å²) in [4.78, 5) is 21.9. The van der Waals surface area contributed by atoms with Crippen LogP contribution < -0.4 is 9.80 Å². The Morgan fingerprint density at radius 2 is 1.38 bits per heavy atom. The van der Waals surface area contributed by atoms with E-state index in [-0.39, 0.29) is 11.9 Å². The number of aromatic hydroxyl groups is 1. The van der Waals surface area contributed by atoms with Crippen molar-refractivity contribution in [2.45, 2.75) is 13.0 Å². The molecule has 1 N–H and O–H groups in total. The lowest BCUT2D eigenvalue weighted by Crippen LogP contribution is -2.57. The van der Waals surface area contributed by atoms with Crippen LogP contribution in [0.1, 0.15) is 6.92 Å². The summed E-state index contributed by atoms with van der Waals surface area (Å²) >= 11 is 0. The Bertz CT molecular complexity index is 813. The summed E-state index contributed by atoms with van der Waals surface area (Å²) in [5.74, 6) is 0.551. The van der Waals surface area contributed by atoms with Crippen LogP contribution in [0, 0.1) is 0 Å². The second kappa shape index (κ2) is 8.74. The van der Waals surface area contributed by atoms with E-state index in [0.29, 0.717) is 5.75 Å². The maximum absolute atomic E-state index is 13.1. The smallest absolute Gasteiger partial charge is 0.239 e. The standard InChI is InChI=1S/C23H30N4O2/c1-19(24-11-15-26(16-12-24)21-9-5-6-10-22(21)28)23(29)27-17-13-25(14-18-27)20-7-3-2-4-8-20/h2-10,19,28H,11-18H2,1H3. The van der Waals surface area contributed by atoms with Crippen molar-refractivity contribution in [1.29, 1.82) is 0 Å². The summed E-state index contributed by atoms with van der Waals surface area (Å²) < 4.78 is 0. The molecule has 29 heavy (non-hydrogen) atoms. The van der Waals surface area contributed by atoms with Crippen LogP contribution in [0.4, 0.5) is 11.4 Å². The molecule has 2 fully saturated rings. The fourth-order valence-corrected chi connectivity index (χ4v) is 4.33. The number of para-hydroxylation sites is 3. The van der Waals surface area contributed by atoms with E-state index in [4.69, 9.17) is 0 Å². The zero-order valence-electron chi connectivity index (χ0n) is 17.1. The summed E-state index contributed by atoms with van der Waals surface area (Å²) in [5, 5.41) is 10.1.